The van der Waals surface area contributed by atoms with Crippen LogP contribution in [-0.4, -0.2) is 12.1 Å². The molecule has 3 nitrogen and oxygen atoms in total. The first-order valence-electron chi connectivity index (χ1n) is 7.66. The average molecular weight is 354 g/mol. The summed E-state index contributed by atoms with van der Waals surface area (Å²) in [5.41, 5.74) is 0.0872. The summed E-state index contributed by atoms with van der Waals surface area (Å²) in [6, 6.07) is 17.8. The highest BCUT2D eigenvalue weighted by molar-refractivity contribution is 5.80. The van der Waals surface area contributed by atoms with Gasteiger partial charge in [-0.05, 0) is 23.8 Å². The molecule has 2 aromatic carbocycles. The van der Waals surface area contributed by atoms with Gasteiger partial charge in [0.15, 0.2) is 0 Å². The van der Waals surface area contributed by atoms with Crippen LogP contribution in [0.1, 0.15) is 11.3 Å². The van der Waals surface area contributed by atoms with E-state index in [1.807, 2.05) is 6.07 Å². The lowest BCUT2D eigenvalue weighted by atomic mass is 9.95. The molecule has 6 heteroatoms. The van der Waals surface area contributed by atoms with E-state index in [1.165, 1.54) is 7.11 Å². The Morgan fingerprint density at radius 3 is 2.27 bits per heavy atom. The second-order valence-corrected chi connectivity index (χ2v) is 5.49. The van der Waals surface area contributed by atoms with Crippen LogP contribution in [0.25, 0.3) is 22.4 Å². The van der Waals surface area contributed by atoms with Gasteiger partial charge in [0, 0.05) is 11.1 Å². The number of rotatable bonds is 3. The molecule has 0 bridgehead atoms. The Hall–Kier alpha value is -3.33. The monoisotopic (exact) mass is 354 g/mol. The number of hydrogen-bond donors (Lipinski definition) is 0. The van der Waals surface area contributed by atoms with E-state index in [1.54, 1.807) is 54.6 Å². The number of nitrogens with zero attached hydrogens (tertiary/aromatic N) is 2. The quantitative estimate of drug-likeness (QED) is 0.640. The van der Waals surface area contributed by atoms with Crippen LogP contribution in [-0.2, 0) is 6.18 Å². The molecule has 1 heterocycles. The van der Waals surface area contributed by atoms with Crippen LogP contribution in [0.2, 0.25) is 0 Å². The predicted molar refractivity (Wildman–Crippen MR) is 91.4 cm³/mol. The maximum Gasteiger partial charge on any atom is 0.433 e. The largest absolute Gasteiger partial charge is 0.497 e. The zero-order valence-corrected chi connectivity index (χ0v) is 13.7. The third-order valence-corrected chi connectivity index (χ3v) is 3.85. The fourth-order valence-electron chi connectivity index (χ4n) is 2.63. The summed E-state index contributed by atoms with van der Waals surface area (Å²) in [6.45, 7) is 0. The van der Waals surface area contributed by atoms with Crippen molar-refractivity contribution in [1.29, 1.82) is 5.26 Å². The van der Waals surface area contributed by atoms with Gasteiger partial charge in [-0.25, -0.2) is 4.98 Å². The SMILES string of the molecule is COc1cccc(-c2cc(C(F)(F)F)nc(-c3ccccc3)c2C#N)c1. The number of benzene rings is 2. The van der Waals surface area contributed by atoms with E-state index >= 15 is 0 Å². The van der Waals surface area contributed by atoms with Crippen LogP contribution in [0.15, 0.2) is 60.7 Å². The number of pyridine rings is 1. The van der Waals surface area contributed by atoms with Crippen molar-refractivity contribution in [2.24, 2.45) is 0 Å². The molecule has 0 radical (unpaired) electrons. The van der Waals surface area contributed by atoms with E-state index < -0.39 is 11.9 Å². The van der Waals surface area contributed by atoms with Crippen LogP contribution in [0.3, 0.4) is 0 Å². The number of methoxy groups -OCH3 is 1. The van der Waals surface area contributed by atoms with Gasteiger partial charge in [-0.1, -0.05) is 42.5 Å². The van der Waals surface area contributed by atoms with Crippen molar-refractivity contribution in [2.45, 2.75) is 6.18 Å². The lowest BCUT2D eigenvalue weighted by molar-refractivity contribution is -0.141. The number of hydrogen-bond acceptors (Lipinski definition) is 3. The molecule has 3 rings (SSSR count). The van der Waals surface area contributed by atoms with Gasteiger partial charge in [0.2, 0.25) is 0 Å². The van der Waals surface area contributed by atoms with Crippen LogP contribution in [0.4, 0.5) is 13.2 Å². The van der Waals surface area contributed by atoms with Crippen molar-refractivity contribution in [3.63, 3.8) is 0 Å². The molecule has 0 atom stereocenters. The number of halogens is 3. The Kier molecular flexibility index (Phi) is 4.63. The normalized spacial score (nSPS) is 11.0. The zero-order chi connectivity index (χ0) is 18.7. The number of aromatic nitrogens is 1. The Bertz CT molecular complexity index is 977. The number of ether oxygens (including phenoxy) is 1. The first-order chi connectivity index (χ1) is 12.4. The highest BCUT2D eigenvalue weighted by Gasteiger charge is 2.34. The Labute approximate surface area is 148 Å². The third kappa shape index (κ3) is 3.38. The number of alkyl halides is 3. The summed E-state index contributed by atoms with van der Waals surface area (Å²) in [6.07, 6.45) is -4.63. The van der Waals surface area contributed by atoms with Gasteiger partial charge in [0.1, 0.15) is 17.5 Å². The standard InChI is InChI=1S/C20H13F3N2O/c1-26-15-9-5-8-14(10-15)16-11-18(20(21,22)23)25-19(17(16)12-24)13-6-3-2-4-7-13/h2-11H,1H3. The molecule has 0 aliphatic rings. The summed E-state index contributed by atoms with van der Waals surface area (Å²) in [5.74, 6) is 0.484. The summed E-state index contributed by atoms with van der Waals surface area (Å²) in [7, 11) is 1.47. The van der Waals surface area contributed by atoms with E-state index in [0.29, 0.717) is 16.9 Å². The maximum atomic E-state index is 13.4. The Balaban J connectivity index is 2.34. The second kappa shape index (κ2) is 6.89. The molecule has 1 aromatic heterocycles. The molecule has 0 saturated carbocycles. The smallest absolute Gasteiger partial charge is 0.433 e. The topological polar surface area (TPSA) is 45.9 Å². The molecule has 0 spiro atoms. The summed E-state index contributed by atoms with van der Waals surface area (Å²) < 4.78 is 45.3. The molecular weight excluding hydrogens is 341 g/mol. The van der Waals surface area contributed by atoms with Crippen molar-refractivity contribution in [3.05, 3.63) is 71.9 Å². The van der Waals surface area contributed by atoms with E-state index in [2.05, 4.69) is 4.98 Å². The Morgan fingerprint density at radius 1 is 0.962 bits per heavy atom. The minimum Gasteiger partial charge on any atom is -0.497 e. The molecule has 0 N–H and O–H groups in total. The minimum atomic E-state index is -4.63. The molecule has 3 aromatic rings. The van der Waals surface area contributed by atoms with Crippen molar-refractivity contribution in [2.75, 3.05) is 7.11 Å². The minimum absolute atomic E-state index is 0.000690. The van der Waals surface area contributed by atoms with Crippen molar-refractivity contribution in [3.8, 4) is 34.2 Å². The van der Waals surface area contributed by atoms with Gasteiger partial charge in [-0.2, -0.15) is 18.4 Å². The van der Waals surface area contributed by atoms with Crippen molar-refractivity contribution >= 4 is 0 Å². The molecule has 26 heavy (non-hydrogen) atoms. The maximum absolute atomic E-state index is 13.4. The molecule has 0 aliphatic carbocycles. The van der Waals surface area contributed by atoms with E-state index in [4.69, 9.17) is 4.74 Å². The summed E-state index contributed by atoms with van der Waals surface area (Å²) in [4.78, 5) is 3.74. The fraction of sp³-hybridized carbons (Fsp3) is 0.100. The molecule has 0 unspecified atom stereocenters. The van der Waals surface area contributed by atoms with Gasteiger partial charge in [0.25, 0.3) is 0 Å². The van der Waals surface area contributed by atoms with Crippen LogP contribution in [0, 0.1) is 11.3 Å². The highest BCUT2D eigenvalue weighted by Crippen LogP contribution is 2.37. The van der Waals surface area contributed by atoms with Gasteiger partial charge < -0.3 is 4.74 Å². The first-order valence-corrected chi connectivity index (χ1v) is 7.66. The number of nitriles is 1. The summed E-state index contributed by atoms with van der Waals surface area (Å²) >= 11 is 0. The average Bonchev–Trinajstić information content (AvgIpc) is 2.66. The van der Waals surface area contributed by atoms with E-state index in [0.717, 1.165) is 6.07 Å². The second-order valence-electron chi connectivity index (χ2n) is 5.49. The zero-order valence-electron chi connectivity index (χ0n) is 13.7. The van der Waals surface area contributed by atoms with Gasteiger partial charge in [-0.3, -0.25) is 0 Å². The molecule has 0 fully saturated rings. The van der Waals surface area contributed by atoms with Crippen LogP contribution >= 0.6 is 0 Å². The van der Waals surface area contributed by atoms with Crippen LogP contribution < -0.4 is 4.74 Å². The van der Waals surface area contributed by atoms with E-state index in [-0.39, 0.29) is 16.8 Å². The fourth-order valence-corrected chi connectivity index (χ4v) is 2.63. The van der Waals surface area contributed by atoms with Gasteiger partial charge >= 0.3 is 6.18 Å². The molecule has 0 amide bonds. The molecule has 130 valence electrons. The summed E-state index contributed by atoms with van der Waals surface area (Å²) in [5, 5.41) is 9.64. The van der Waals surface area contributed by atoms with Crippen LogP contribution in [0.5, 0.6) is 5.75 Å². The molecular formula is C20H13F3N2O. The molecule has 0 saturated heterocycles. The lowest BCUT2D eigenvalue weighted by Crippen LogP contribution is -2.10. The molecule has 0 aliphatic heterocycles. The van der Waals surface area contributed by atoms with E-state index in [9.17, 15) is 18.4 Å². The first kappa shape index (κ1) is 17.5. The van der Waals surface area contributed by atoms with Crippen molar-refractivity contribution in [1.82, 2.24) is 4.98 Å². The lowest BCUT2D eigenvalue weighted by Gasteiger charge is -2.15. The predicted octanol–water partition coefficient (Wildman–Crippen LogP) is 5.31. The van der Waals surface area contributed by atoms with Gasteiger partial charge in [-0.15, -0.1) is 0 Å². The third-order valence-electron chi connectivity index (χ3n) is 3.85. The van der Waals surface area contributed by atoms with Gasteiger partial charge in [0.05, 0.1) is 18.4 Å². The Morgan fingerprint density at radius 2 is 1.65 bits per heavy atom. The highest BCUT2D eigenvalue weighted by atomic mass is 19.4. The van der Waals surface area contributed by atoms with Crippen molar-refractivity contribution < 1.29 is 17.9 Å².